The van der Waals surface area contributed by atoms with E-state index in [2.05, 4.69) is 10.0 Å². The molecule has 0 saturated heterocycles. The van der Waals surface area contributed by atoms with Gasteiger partial charge in [-0.1, -0.05) is 0 Å². The molecule has 0 unspecified atom stereocenters. The second-order valence-corrected chi connectivity index (χ2v) is 5.94. The Balaban J connectivity index is 2.88. The highest BCUT2D eigenvalue weighted by Gasteiger charge is 2.14. The van der Waals surface area contributed by atoms with Crippen molar-refractivity contribution in [2.24, 2.45) is 0 Å². The zero-order valence-corrected chi connectivity index (χ0v) is 11.9. The Labute approximate surface area is 118 Å². The minimum atomic E-state index is -3.51. The SMILES string of the molecule is CC(C)NS(=O)(=O)c1ccc(NC=C(C#N)C#N)cc1. The average Bonchev–Trinajstić information content (AvgIpc) is 2.39. The molecule has 7 heteroatoms. The van der Waals surface area contributed by atoms with Crippen molar-refractivity contribution in [3.8, 4) is 12.1 Å². The third-order valence-corrected chi connectivity index (χ3v) is 3.85. The predicted molar refractivity (Wildman–Crippen MR) is 74.8 cm³/mol. The first kappa shape index (κ1) is 15.7. The fourth-order valence-electron chi connectivity index (χ4n) is 1.35. The molecule has 6 nitrogen and oxygen atoms in total. The predicted octanol–water partition coefficient (Wildman–Crippen LogP) is 1.72. The maximum atomic E-state index is 11.9. The molecule has 1 aromatic rings. The first-order chi connectivity index (χ1) is 9.39. The van der Waals surface area contributed by atoms with Crippen molar-refractivity contribution >= 4 is 15.7 Å². The summed E-state index contributed by atoms with van der Waals surface area (Å²) in [6.45, 7) is 3.48. The van der Waals surface area contributed by atoms with E-state index in [0.717, 1.165) is 0 Å². The Morgan fingerprint density at radius 3 is 2.20 bits per heavy atom. The summed E-state index contributed by atoms with van der Waals surface area (Å²) in [5.74, 6) is 0. The number of anilines is 1. The molecule has 1 aromatic carbocycles. The molecule has 0 amide bonds. The first-order valence-corrected chi connectivity index (χ1v) is 7.26. The van der Waals surface area contributed by atoms with Gasteiger partial charge >= 0.3 is 0 Å². The van der Waals surface area contributed by atoms with Crippen LogP contribution in [0.3, 0.4) is 0 Å². The van der Waals surface area contributed by atoms with Gasteiger partial charge in [0.25, 0.3) is 0 Å². The topological polar surface area (TPSA) is 106 Å². The number of nitrogens with zero attached hydrogens (tertiary/aromatic N) is 2. The molecule has 0 saturated carbocycles. The number of hydrogen-bond donors (Lipinski definition) is 2. The van der Waals surface area contributed by atoms with Gasteiger partial charge in [0.15, 0.2) is 0 Å². The van der Waals surface area contributed by atoms with Crippen molar-refractivity contribution in [1.29, 1.82) is 10.5 Å². The summed E-state index contributed by atoms with van der Waals surface area (Å²) < 4.78 is 26.2. The summed E-state index contributed by atoms with van der Waals surface area (Å²) >= 11 is 0. The lowest BCUT2D eigenvalue weighted by atomic mass is 10.3. The second-order valence-electron chi connectivity index (χ2n) is 4.23. The normalized spacial score (nSPS) is 10.4. The second kappa shape index (κ2) is 6.71. The van der Waals surface area contributed by atoms with E-state index in [1.807, 2.05) is 0 Å². The number of benzene rings is 1. The number of allylic oxidation sites excluding steroid dienone is 1. The van der Waals surface area contributed by atoms with Crippen LogP contribution in [-0.4, -0.2) is 14.5 Å². The summed E-state index contributed by atoms with van der Waals surface area (Å²) in [4.78, 5) is 0.154. The molecule has 0 atom stereocenters. The van der Waals surface area contributed by atoms with Crippen LogP contribution >= 0.6 is 0 Å². The van der Waals surface area contributed by atoms with Gasteiger partial charge in [0, 0.05) is 17.9 Å². The first-order valence-electron chi connectivity index (χ1n) is 5.78. The molecule has 104 valence electrons. The largest absolute Gasteiger partial charge is 0.360 e. The van der Waals surface area contributed by atoms with Gasteiger partial charge in [0.2, 0.25) is 10.0 Å². The van der Waals surface area contributed by atoms with E-state index in [-0.39, 0.29) is 16.5 Å². The molecule has 0 aliphatic heterocycles. The molecule has 0 aliphatic rings. The van der Waals surface area contributed by atoms with Crippen LogP contribution in [0.5, 0.6) is 0 Å². The van der Waals surface area contributed by atoms with Gasteiger partial charge in [0.1, 0.15) is 17.7 Å². The maximum absolute atomic E-state index is 11.9. The van der Waals surface area contributed by atoms with Gasteiger partial charge in [-0.25, -0.2) is 13.1 Å². The van der Waals surface area contributed by atoms with E-state index < -0.39 is 10.0 Å². The van der Waals surface area contributed by atoms with Crippen LogP contribution in [0.15, 0.2) is 40.9 Å². The number of nitrogens with one attached hydrogen (secondary N) is 2. The van der Waals surface area contributed by atoms with E-state index in [1.54, 1.807) is 38.1 Å². The molecule has 1 rings (SSSR count). The Bertz CT molecular complexity index is 661. The molecule has 0 spiro atoms. The summed E-state index contributed by atoms with van der Waals surface area (Å²) in [5.41, 5.74) is 0.514. The van der Waals surface area contributed by atoms with Crippen LogP contribution in [0.25, 0.3) is 0 Å². The minimum Gasteiger partial charge on any atom is -0.360 e. The molecule has 0 fully saturated rings. The number of sulfonamides is 1. The van der Waals surface area contributed by atoms with Crippen LogP contribution in [0.4, 0.5) is 5.69 Å². The molecule has 0 radical (unpaired) electrons. The summed E-state index contributed by atoms with van der Waals surface area (Å²) in [6.07, 6.45) is 1.26. The lowest BCUT2D eigenvalue weighted by molar-refractivity contribution is 0.570. The van der Waals surface area contributed by atoms with Crippen molar-refractivity contribution in [1.82, 2.24) is 4.72 Å². The van der Waals surface area contributed by atoms with Crippen LogP contribution in [0.1, 0.15) is 13.8 Å². The van der Waals surface area contributed by atoms with Crippen LogP contribution in [0, 0.1) is 22.7 Å². The van der Waals surface area contributed by atoms with Crippen molar-refractivity contribution in [3.05, 3.63) is 36.0 Å². The Morgan fingerprint density at radius 2 is 1.75 bits per heavy atom. The molecular weight excluding hydrogens is 276 g/mol. The third-order valence-electron chi connectivity index (χ3n) is 2.18. The van der Waals surface area contributed by atoms with Crippen LogP contribution in [-0.2, 0) is 10.0 Å². The molecule has 0 bridgehead atoms. The molecule has 0 aliphatic carbocycles. The summed E-state index contributed by atoms with van der Waals surface area (Å²) in [6, 6.07) is 9.23. The molecular formula is C13H14N4O2S. The van der Waals surface area contributed by atoms with Crippen molar-refractivity contribution < 1.29 is 8.42 Å². The molecule has 2 N–H and O–H groups in total. The lowest BCUT2D eigenvalue weighted by Crippen LogP contribution is -2.30. The van der Waals surface area contributed by atoms with Gasteiger partial charge in [0.05, 0.1) is 4.90 Å². The van der Waals surface area contributed by atoms with E-state index in [9.17, 15) is 8.42 Å². The zero-order valence-electron chi connectivity index (χ0n) is 11.1. The Kier molecular flexibility index (Phi) is 5.27. The van der Waals surface area contributed by atoms with Gasteiger partial charge < -0.3 is 5.32 Å². The van der Waals surface area contributed by atoms with E-state index in [0.29, 0.717) is 5.69 Å². The standard InChI is InChI=1S/C13H14N4O2S/c1-10(2)17-20(18,19)13-5-3-12(4-6-13)16-9-11(7-14)8-15/h3-6,9-10,16-17H,1-2H3. The molecule has 0 heterocycles. The van der Waals surface area contributed by atoms with Gasteiger partial charge in [-0.3, -0.25) is 0 Å². The van der Waals surface area contributed by atoms with Crippen LogP contribution in [0.2, 0.25) is 0 Å². The smallest absolute Gasteiger partial charge is 0.240 e. The van der Waals surface area contributed by atoms with Crippen molar-refractivity contribution in [2.45, 2.75) is 24.8 Å². The number of rotatable bonds is 5. The van der Waals surface area contributed by atoms with Crippen LogP contribution < -0.4 is 10.0 Å². The molecule has 20 heavy (non-hydrogen) atoms. The monoisotopic (exact) mass is 290 g/mol. The van der Waals surface area contributed by atoms with E-state index >= 15 is 0 Å². The highest BCUT2D eigenvalue weighted by Crippen LogP contribution is 2.14. The maximum Gasteiger partial charge on any atom is 0.240 e. The van der Waals surface area contributed by atoms with Gasteiger partial charge in [-0.05, 0) is 38.1 Å². The minimum absolute atomic E-state index is 0.0665. The molecule has 0 aromatic heterocycles. The van der Waals surface area contributed by atoms with E-state index in [1.165, 1.54) is 18.3 Å². The zero-order chi connectivity index (χ0) is 15.2. The quantitative estimate of drug-likeness (QED) is 0.803. The third kappa shape index (κ3) is 4.39. The Hall–Kier alpha value is -2.35. The Morgan fingerprint density at radius 1 is 1.20 bits per heavy atom. The van der Waals surface area contributed by atoms with Crippen molar-refractivity contribution in [2.75, 3.05) is 5.32 Å². The fraction of sp³-hybridized carbons (Fsp3) is 0.231. The fourth-order valence-corrected chi connectivity index (χ4v) is 2.60. The number of nitriles is 2. The average molecular weight is 290 g/mol. The summed E-state index contributed by atoms with van der Waals surface area (Å²) in [7, 11) is -3.51. The lowest BCUT2D eigenvalue weighted by Gasteiger charge is -2.10. The van der Waals surface area contributed by atoms with Gasteiger partial charge in [-0.2, -0.15) is 10.5 Å². The highest BCUT2D eigenvalue weighted by atomic mass is 32.2. The highest BCUT2D eigenvalue weighted by molar-refractivity contribution is 7.89. The van der Waals surface area contributed by atoms with Crippen molar-refractivity contribution in [3.63, 3.8) is 0 Å². The number of hydrogen-bond acceptors (Lipinski definition) is 5. The van der Waals surface area contributed by atoms with Gasteiger partial charge in [-0.15, -0.1) is 0 Å². The van der Waals surface area contributed by atoms with E-state index in [4.69, 9.17) is 10.5 Å². The summed E-state index contributed by atoms with van der Waals surface area (Å²) in [5, 5.41) is 19.9.